The van der Waals surface area contributed by atoms with E-state index in [1.54, 1.807) is 26.4 Å². The van der Waals surface area contributed by atoms with Crippen LogP contribution in [-0.2, 0) is 7.05 Å². The van der Waals surface area contributed by atoms with Crippen LogP contribution in [0.15, 0.2) is 16.8 Å². The first-order valence-corrected chi connectivity index (χ1v) is 8.47. The van der Waals surface area contributed by atoms with Crippen LogP contribution in [0.1, 0.15) is 21.9 Å². The van der Waals surface area contributed by atoms with Crippen molar-refractivity contribution in [3.05, 3.63) is 29.5 Å². The van der Waals surface area contributed by atoms with Gasteiger partial charge in [-0.3, -0.25) is 10.1 Å². The molecule has 8 nitrogen and oxygen atoms in total. The molecule has 4 rings (SSSR count). The molecule has 4 aromatic heterocycles. The summed E-state index contributed by atoms with van der Waals surface area (Å²) >= 11 is 1.32. The van der Waals surface area contributed by atoms with Gasteiger partial charge in [-0.1, -0.05) is 11.3 Å². The molecule has 1 amide bonds. The Labute approximate surface area is 146 Å². The molecule has 0 aliphatic heterocycles. The summed E-state index contributed by atoms with van der Waals surface area (Å²) in [6.07, 6.45) is 1.72. The molecule has 0 spiro atoms. The van der Waals surface area contributed by atoms with E-state index < -0.39 is 0 Å². The summed E-state index contributed by atoms with van der Waals surface area (Å²) in [6, 6.07) is 1.72. The lowest BCUT2D eigenvalue weighted by Crippen LogP contribution is -2.11. The highest BCUT2D eigenvalue weighted by molar-refractivity contribution is 7.22. The molecule has 25 heavy (non-hydrogen) atoms. The summed E-state index contributed by atoms with van der Waals surface area (Å²) < 4.78 is 7.31. The monoisotopic (exact) mass is 356 g/mol. The van der Waals surface area contributed by atoms with E-state index in [1.165, 1.54) is 11.3 Å². The Hall–Kier alpha value is -2.94. The maximum Gasteiger partial charge on any atom is 0.260 e. The van der Waals surface area contributed by atoms with E-state index in [9.17, 15) is 4.79 Å². The zero-order chi connectivity index (χ0) is 17.7. The van der Waals surface area contributed by atoms with Crippen molar-refractivity contribution >= 4 is 49.6 Å². The number of nitrogens with zero attached hydrogens (tertiary/aromatic N) is 4. The Bertz CT molecular complexity index is 1120. The van der Waals surface area contributed by atoms with Gasteiger partial charge in [-0.25, -0.2) is 15.0 Å². The first-order valence-electron chi connectivity index (χ1n) is 7.65. The maximum atomic E-state index is 12.5. The second-order valence-corrected chi connectivity index (χ2v) is 6.69. The minimum atomic E-state index is -0.247. The summed E-state index contributed by atoms with van der Waals surface area (Å²) in [5, 5.41) is 6.38. The van der Waals surface area contributed by atoms with Crippen molar-refractivity contribution in [3.63, 3.8) is 0 Å². The lowest BCUT2D eigenvalue weighted by molar-refractivity contribution is 0.102. The number of pyridine rings is 1. The highest BCUT2D eigenvalue weighted by Gasteiger charge is 2.19. The second-order valence-electron chi connectivity index (χ2n) is 5.72. The van der Waals surface area contributed by atoms with Gasteiger partial charge in [0.25, 0.3) is 5.91 Å². The molecule has 0 aliphatic carbocycles. The molecular formula is C16H16N6O2S. The SMILES string of the molecule is CNc1nc2sc(NC(=O)c3cc(C)oc3C)nc2c2c1ncn2C. The number of fused-ring (bicyclic) bond motifs is 3. The van der Waals surface area contributed by atoms with Gasteiger partial charge in [0.15, 0.2) is 10.9 Å². The third kappa shape index (κ3) is 2.43. The van der Waals surface area contributed by atoms with Crippen LogP contribution in [0, 0.1) is 13.8 Å². The number of aromatic nitrogens is 4. The molecule has 128 valence electrons. The fraction of sp³-hybridized carbons (Fsp3) is 0.250. The molecule has 0 saturated heterocycles. The van der Waals surface area contributed by atoms with Gasteiger partial charge in [-0.05, 0) is 19.9 Å². The number of amides is 1. The van der Waals surface area contributed by atoms with Gasteiger partial charge >= 0.3 is 0 Å². The quantitative estimate of drug-likeness (QED) is 0.585. The minimum absolute atomic E-state index is 0.247. The van der Waals surface area contributed by atoms with Crippen molar-refractivity contribution in [1.82, 2.24) is 19.5 Å². The molecule has 0 aliphatic rings. The summed E-state index contributed by atoms with van der Waals surface area (Å²) in [6.45, 7) is 3.57. The number of hydrogen-bond donors (Lipinski definition) is 2. The van der Waals surface area contributed by atoms with Crippen LogP contribution in [0.25, 0.3) is 21.4 Å². The van der Waals surface area contributed by atoms with Crippen LogP contribution < -0.4 is 10.6 Å². The van der Waals surface area contributed by atoms with Crippen LogP contribution in [0.2, 0.25) is 0 Å². The van der Waals surface area contributed by atoms with E-state index in [0.29, 0.717) is 28.0 Å². The molecule has 0 saturated carbocycles. The average Bonchev–Trinajstić information content (AvgIpc) is 3.23. The first-order chi connectivity index (χ1) is 12.0. The Morgan fingerprint density at radius 1 is 1.28 bits per heavy atom. The highest BCUT2D eigenvalue weighted by atomic mass is 32.1. The van der Waals surface area contributed by atoms with Crippen LogP contribution in [0.4, 0.5) is 10.9 Å². The third-order valence-electron chi connectivity index (χ3n) is 3.95. The van der Waals surface area contributed by atoms with Gasteiger partial charge in [0.2, 0.25) is 0 Å². The molecule has 0 unspecified atom stereocenters. The van der Waals surface area contributed by atoms with Crippen molar-refractivity contribution in [1.29, 1.82) is 0 Å². The number of nitrogens with one attached hydrogen (secondary N) is 2. The Kier molecular flexibility index (Phi) is 3.46. The van der Waals surface area contributed by atoms with Crippen molar-refractivity contribution < 1.29 is 9.21 Å². The number of hydrogen-bond acceptors (Lipinski definition) is 7. The van der Waals surface area contributed by atoms with E-state index in [-0.39, 0.29) is 5.91 Å². The minimum Gasteiger partial charge on any atom is -0.466 e. The smallest absolute Gasteiger partial charge is 0.260 e. The Morgan fingerprint density at radius 2 is 2.08 bits per heavy atom. The molecular weight excluding hydrogens is 340 g/mol. The van der Waals surface area contributed by atoms with Crippen LogP contribution in [0.3, 0.4) is 0 Å². The third-order valence-corrected chi connectivity index (χ3v) is 4.82. The van der Waals surface area contributed by atoms with Gasteiger partial charge in [0.05, 0.1) is 11.9 Å². The largest absolute Gasteiger partial charge is 0.466 e. The summed E-state index contributed by atoms with van der Waals surface area (Å²) in [5.74, 6) is 1.72. The van der Waals surface area contributed by atoms with Crippen molar-refractivity contribution in [2.75, 3.05) is 17.7 Å². The average molecular weight is 356 g/mol. The number of imidazole rings is 1. The predicted octanol–water partition coefficient (Wildman–Crippen LogP) is 3.08. The van der Waals surface area contributed by atoms with Crippen molar-refractivity contribution in [2.45, 2.75) is 13.8 Å². The molecule has 0 fully saturated rings. The normalized spacial score (nSPS) is 11.4. The standard InChI is InChI=1S/C16H16N6O2S/c1-7-5-9(8(2)24-7)14(23)21-16-19-11-12-10(18-6-22(12)4)13(17-3)20-15(11)25-16/h5-6H,1-4H3,(H,17,20)(H,19,21,23). The fourth-order valence-corrected chi connectivity index (χ4v) is 3.67. The van der Waals surface area contributed by atoms with Crippen LogP contribution in [0.5, 0.6) is 0 Å². The fourth-order valence-electron chi connectivity index (χ4n) is 2.83. The van der Waals surface area contributed by atoms with E-state index in [1.807, 2.05) is 18.5 Å². The number of thiazole rings is 1. The molecule has 0 atom stereocenters. The Morgan fingerprint density at radius 3 is 2.76 bits per heavy atom. The van der Waals surface area contributed by atoms with Gasteiger partial charge in [0, 0.05) is 14.1 Å². The molecule has 0 radical (unpaired) electrons. The van der Waals surface area contributed by atoms with Crippen molar-refractivity contribution in [3.8, 4) is 0 Å². The lowest BCUT2D eigenvalue weighted by atomic mass is 10.2. The first kappa shape index (κ1) is 15.6. The number of furan rings is 1. The Balaban J connectivity index is 1.79. The number of aryl methyl sites for hydroxylation is 3. The van der Waals surface area contributed by atoms with Gasteiger partial charge in [0.1, 0.15) is 32.9 Å². The van der Waals surface area contributed by atoms with E-state index >= 15 is 0 Å². The number of carbonyl (C=O) groups excluding carboxylic acids is 1. The van der Waals surface area contributed by atoms with E-state index in [4.69, 9.17) is 4.42 Å². The zero-order valence-electron chi connectivity index (χ0n) is 14.2. The molecule has 9 heteroatoms. The summed E-state index contributed by atoms with van der Waals surface area (Å²) in [7, 11) is 3.71. The molecule has 0 bridgehead atoms. The predicted molar refractivity (Wildman–Crippen MR) is 97.4 cm³/mol. The topological polar surface area (TPSA) is 97.9 Å². The van der Waals surface area contributed by atoms with E-state index in [0.717, 1.165) is 21.4 Å². The lowest BCUT2D eigenvalue weighted by Gasteiger charge is -2.01. The molecule has 4 heterocycles. The van der Waals surface area contributed by atoms with E-state index in [2.05, 4.69) is 25.6 Å². The van der Waals surface area contributed by atoms with Crippen LogP contribution >= 0.6 is 11.3 Å². The maximum absolute atomic E-state index is 12.5. The van der Waals surface area contributed by atoms with Gasteiger partial charge in [-0.15, -0.1) is 0 Å². The van der Waals surface area contributed by atoms with Crippen LogP contribution in [-0.4, -0.2) is 32.5 Å². The zero-order valence-corrected chi connectivity index (χ0v) is 15.0. The molecule has 2 N–H and O–H groups in total. The molecule has 0 aromatic carbocycles. The summed E-state index contributed by atoms with van der Waals surface area (Å²) in [5.41, 5.74) is 2.85. The number of anilines is 2. The van der Waals surface area contributed by atoms with Gasteiger partial charge < -0.3 is 14.3 Å². The molecule has 4 aromatic rings. The van der Waals surface area contributed by atoms with Crippen molar-refractivity contribution in [2.24, 2.45) is 7.05 Å². The highest BCUT2D eigenvalue weighted by Crippen LogP contribution is 2.33. The number of rotatable bonds is 3. The number of carbonyl (C=O) groups is 1. The second kappa shape index (κ2) is 5.55. The summed E-state index contributed by atoms with van der Waals surface area (Å²) in [4.78, 5) is 26.7. The van der Waals surface area contributed by atoms with Gasteiger partial charge in [-0.2, -0.15) is 0 Å².